The lowest BCUT2D eigenvalue weighted by atomic mass is 10.0. The molecule has 3 heterocycles. The normalized spacial score (nSPS) is 14.1. The van der Waals surface area contributed by atoms with Crippen LogP contribution in [0.2, 0.25) is 5.28 Å². The molecule has 4 rings (SSSR count). The van der Waals surface area contributed by atoms with E-state index in [4.69, 9.17) is 17.3 Å². The second-order valence-corrected chi connectivity index (χ2v) is 8.28. The Morgan fingerprint density at radius 1 is 1.19 bits per heavy atom. The van der Waals surface area contributed by atoms with Crippen molar-refractivity contribution >= 4 is 29.0 Å². The summed E-state index contributed by atoms with van der Waals surface area (Å²) in [6.07, 6.45) is -3.56. The zero-order chi connectivity index (χ0) is 26.2. The van der Waals surface area contributed by atoms with E-state index < -0.39 is 30.3 Å². The zero-order valence-electron chi connectivity index (χ0n) is 18.5. The van der Waals surface area contributed by atoms with Gasteiger partial charge in [0.1, 0.15) is 17.3 Å². The number of rotatable bonds is 6. The van der Waals surface area contributed by atoms with Gasteiger partial charge in [0, 0.05) is 11.3 Å². The number of hydrogen-bond acceptors (Lipinski definition) is 7. The Morgan fingerprint density at radius 3 is 2.58 bits per heavy atom. The van der Waals surface area contributed by atoms with E-state index in [2.05, 4.69) is 25.0 Å². The average Bonchev–Trinajstić information content (AvgIpc) is 3.22. The van der Waals surface area contributed by atoms with Crippen molar-refractivity contribution in [1.29, 1.82) is 0 Å². The number of pyridine rings is 1. The number of anilines is 2. The van der Waals surface area contributed by atoms with Crippen LogP contribution in [0.1, 0.15) is 45.8 Å². The lowest BCUT2D eigenvalue weighted by molar-refractivity contribution is -0.137. The number of nitrogens with one attached hydrogen (secondary N) is 1. The highest BCUT2D eigenvalue weighted by Crippen LogP contribution is 2.35. The second kappa shape index (κ2) is 9.72. The molecular weight excluding hydrogens is 511 g/mol. The lowest BCUT2D eigenvalue weighted by Gasteiger charge is -2.19. The molecule has 3 aromatic rings. The minimum absolute atomic E-state index is 0.00852. The maximum Gasteiger partial charge on any atom is 0.416 e. The summed E-state index contributed by atoms with van der Waals surface area (Å²) in [6, 6.07) is 5.04. The highest BCUT2D eigenvalue weighted by molar-refractivity contribution is 6.28. The standard InChI is InChI=1S/C22H18ClF5N6O2/c1-10(11-4-12(22(26,27)28)6-13(29)5-11)31-18-15-8-34(9-17(15)32-20(23)33-18)19(35)16-3-2-14(7-30-16)36-21(24)25/h2-7,10,21H,8-9,29H2,1H3,(H,31,32,33)/t10-/m1/s1. The second-order valence-electron chi connectivity index (χ2n) is 7.94. The Balaban J connectivity index is 1.54. The molecule has 0 spiro atoms. The molecule has 1 aliphatic heterocycles. The van der Waals surface area contributed by atoms with Crippen molar-refractivity contribution < 1.29 is 31.5 Å². The number of nitrogen functional groups attached to an aromatic ring is 1. The minimum Gasteiger partial charge on any atom is -0.433 e. The van der Waals surface area contributed by atoms with Gasteiger partial charge >= 0.3 is 12.8 Å². The third kappa shape index (κ3) is 5.56. The van der Waals surface area contributed by atoms with Crippen molar-refractivity contribution in [3.05, 3.63) is 69.9 Å². The maximum atomic E-state index is 13.2. The molecule has 0 radical (unpaired) electrons. The zero-order valence-corrected chi connectivity index (χ0v) is 19.2. The van der Waals surface area contributed by atoms with Crippen LogP contribution in [0.25, 0.3) is 0 Å². The quantitative estimate of drug-likeness (QED) is 0.262. The Labute approximate surface area is 206 Å². The fourth-order valence-corrected chi connectivity index (χ4v) is 3.89. The van der Waals surface area contributed by atoms with E-state index in [9.17, 15) is 26.7 Å². The predicted octanol–water partition coefficient (Wildman–Crippen LogP) is 5.06. The monoisotopic (exact) mass is 528 g/mol. The van der Waals surface area contributed by atoms with Crippen LogP contribution in [0.4, 0.5) is 33.5 Å². The van der Waals surface area contributed by atoms with E-state index in [1.54, 1.807) is 6.92 Å². The Kier molecular flexibility index (Phi) is 6.85. The molecule has 0 unspecified atom stereocenters. The molecule has 0 saturated carbocycles. The number of carbonyl (C=O) groups is 1. The summed E-state index contributed by atoms with van der Waals surface area (Å²) in [4.78, 5) is 26.5. The molecule has 3 N–H and O–H groups in total. The first-order valence-corrected chi connectivity index (χ1v) is 10.8. The molecule has 190 valence electrons. The third-order valence-corrected chi connectivity index (χ3v) is 5.55. The van der Waals surface area contributed by atoms with Gasteiger partial charge < -0.3 is 20.7 Å². The first-order chi connectivity index (χ1) is 16.9. The number of fused-ring (bicyclic) bond motifs is 1. The topological polar surface area (TPSA) is 106 Å². The van der Waals surface area contributed by atoms with Gasteiger partial charge in [-0.15, -0.1) is 0 Å². The van der Waals surface area contributed by atoms with E-state index in [-0.39, 0.29) is 46.9 Å². The van der Waals surface area contributed by atoms with Crippen molar-refractivity contribution in [1.82, 2.24) is 19.9 Å². The molecule has 0 saturated heterocycles. The van der Waals surface area contributed by atoms with Gasteiger partial charge in [0.25, 0.3) is 5.91 Å². The van der Waals surface area contributed by atoms with Gasteiger partial charge in [0.05, 0.1) is 36.6 Å². The molecule has 1 aromatic carbocycles. The lowest BCUT2D eigenvalue weighted by Crippen LogP contribution is -2.26. The van der Waals surface area contributed by atoms with Crippen molar-refractivity contribution in [2.75, 3.05) is 11.1 Å². The van der Waals surface area contributed by atoms with Crippen molar-refractivity contribution in [3.63, 3.8) is 0 Å². The summed E-state index contributed by atoms with van der Waals surface area (Å²) in [6.45, 7) is -1.28. The predicted molar refractivity (Wildman–Crippen MR) is 119 cm³/mol. The molecule has 0 bridgehead atoms. The largest absolute Gasteiger partial charge is 0.433 e. The van der Waals surface area contributed by atoms with Crippen molar-refractivity contribution in [3.8, 4) is 5.75 Å². The first kappa shape index (κ1) is 25.4. The van der Waals surface area contributed by atoms with E-state index in [0.29, 0.717) is 11.3 Å². The van der Waals surface area contributed by atoms with Crippen LogP contribution >= 0.6 is 11.6 Å². The van der Waals surface area contributed by atoms with Gasteiger partial charge in [-0.1, -0.05) is 0 Å². The van der Waals surface area contributed by atoms with Crippen LogP contribution in [0.3, 0.4) is 0 Å². The molecule has 36 heavy (non-hydrogen) atoms. The summed E-state index contributed by atoms with van der Waals surface area (Å²) in [5.41, 5.74) is 5.97. The molecule has 1 aliphatic rings. The van der Waals surface area contributed by atoms with E-state index >= 15 is 0 Å². The number of benzene rings is 1. The molecule has 0 aliphatic carbocycles. The van der Waals surface area contributed by atoms with Crippen molar-refractivity contribution in [2.45, 2.75) is 38.8 Å². The Hall–Kier alpha value is -3.74. The van der Waals surface area contributed by atoms with Crippen molar-refractivity contribution in [2.24, 2.45) is 0 Å². The average molecular weight is 529 g/mol. The Bertz CT molecular complexity index is 1290. The number of amides is 1. The summed E-state index contributed by atoms with van der Waals surface area (Å²) >= 11 is 6.05. The SMILES string of the molecule is C[C@@H](Nc1nc(Cl)nc2c1CN(C(=O)c1ccc(OC(F)F)cn1)C2)c1cc(N)cc(C(F)(F)F)c1. The van der Waals surface area contributed by atoms with E-state index in [1.807, 2.05) is 0 Å². The third-order valence-electron chi connectivity index (χ3n) is 5.38. The van der Waals surface area contributed by atoms with E-state index in [0.717, 1.165) is 18.3 Å². The number of carbonyl (C=O) groups excluding carboxylic acids is 1. The highest BCUT2D eigenvalue weighted by atomic mass is 35.5. The summed E-state index contributed by atoms with van der Waals surface area (Å²) in [5, 5.41) is 2.91. The molecule has 14 heteroatoms. The van der Waals surface area contributed by atoms with E-state index in [1.165, 1.54) is 23.1 Å². The number of alkyl halides is 5. The number of ether oxygens (including phenoxy) is 1. The summed E-state index contributed by atoms with van der Waals surface area (Å²) in [7, 11) is 0. The van der Waals surface area contributed by atoms with Gasteiger partial charge in [-0.05, 0) is 54.4 Å². The van der Waals surface area contributed by atoms with Crippen LogP contribution in [-0.2, 0) is 19.3 Å². The molecule has 0 fully saturated rings. The summed E-state index contributed by atoms with van der Waals surface area (Å²) < 4.78 is 68.5. The molecule has 1 atom stereocenters. The van der Waals surface area contributed by atoms with Crippen LogP contribution in [0.5, 0.6) is 5.75 Å². The number of nitrogens with zero attached hydrogens (tertiary/aromatic N) is 4. The van der Waals surface area contributed by atoms with Crippen LogP contribution in [0.15, 0.2) is 36.5 Å². The molecular formula is C22H18ClF5N6O2. The van der Waals surface area contributed by atoms with Crippen LogP contribution in [0, 0.1) is 0 Å². The maximum absolute atomic E-state index is 13.2. The number of nitrogens with two attached hydrogens (primary N) is 1. The van der Waals surface area contributed by atoms with Crippen LogP contribution < -0.4 is 15.8 Å². The fourth-order valence-electron chi connectivity index (χ4n) is 3.71. The molecule has 2 aromatic heterocycles. The number of halogens is 6. The van der Waals surface area contributed by atoms with Gasteiger partial charge in [-0.3, -0.25) is 4.79 Å². The van der Waals surface area contributed by atoms with Gasteiger partial charge in [0.2, 0.25) is 5.28 Å². The fraction of sp³-hybridized carbons (Fsp3) is 0.273. The number of hydrogen-bond donors (Lipinski definition) is 2. The van der Waals surface area contributed by atoms with Crippen LogP contribution in [-0.4, -0.2) is 32.4 Å². The highest BCUT2D eigenvalue weighted by Gasteiger charge is 2.32. The smallest absolute Gasteiger partial charge is 0.416 e. The first-order valence-electron chi connectivity index (χ1n) is 10.4. The minimum atomic E-state index is -4.57. The molecule has 1 amide bonds. The molecule has 8 nitrogen and oxygen atoms in total. The summed E-state index contributed by atoms with van der Waals surface area (Å²) in [5.74, 6) is -0.450. The van der Waals surface area contributed by atoms with Gasteiger partial charge in [0.15, 0.2) is 0 Å². The Morgan fingerprint density at radius 2 is 1.94 bits per heavy atom. The van der Waals surface area contributed by atoms with Gasteiger partial charge in [-0.2, -0.15) is 22.0 Å². The van der Waals surface area contributed by atoms with Gasteiger partial charge in [-0.25, -0.2) is 15.0 Å². The number of aromatic nitrogens is 3.